The summed E-state index contributed by atoms with van der Waals surface area (Å²) < 4.78 is 0. The first-order valence-corrected chi connectivity index (χ1v) is 9.44. The van der Waals surface area contributed by atoms with Gasteiger partial charge >= 0.3 is 0 Å². The van der Waals surface area contributed by atoms with Gasteiger partial charge in [-0.2, -0.15) is 0 Å². The summed E-state index contributed by atoms with van der Waals surface area (Å²) in [4.78, 5) is 37.7. The second-order valence-electron chi connectivity index (χ2n) is 6.93. The fourth-order valence-electron chi connectivity index (χ4n) is 3.65. The monoisotopic (exact) mass is 389 g/mol. The summed E-state index contributed by atoms with van der Waals surface area (Å²) in [6.45, 7) is 2.73. The van der Waals surface area contributed by atoms with Crippen molar-refractivity contribution in [2.45, 2.75) is 19.8 Å². The van der Waals surface area contributed by atoms with Crippen LogP contribution in [0, 0.1) is 10.1 Å². The molecule has 0 saturated heterocycles. The average molecular weight is 389 g/mol. The summed E-state index contributed by atoms with van der Waals surface area (Å²) >= 11 is 0. The lowest BCUT2D eigenvalue weighted by Gasteiger charge is -2.17. The SMILES string of the molecule is CCCCN1C(=O)c2cccc3c(NC(=O)c4cccc([N+](=O)[O-])c4)ccc1c23. The number of amides is 2. The summed E-state index contributed by atoms with van der Waals surface area (Å²) in [5.74, 6) is -0.470. The molecule has 2 amide bonds. The van der Waals surface area contributed by atoms with Crippen LogP contribution in [0.15, 0.2) is 54.6 Å². The van der Waals surface area contributed by atoms with Crippen molar-refractivity contribution in [3.05, 3.63) is 75.8 Å². The number of hydrogen-bond donors (Lipinski definition) is 1. The second kappa shape index (κ2) is 7.35. The molecule has 0 saturated carbocycles. The van der Waals surface area contributed by atoms with Crippen LogP contribution in [0.4, 0.5) is 17.1 Å². The predicted molar refractivity (Wildman–Crippen MR) is 112 cm³/mol. The molecule has 0 radical (unpaired) electrons. The molecule has 1 heterocycles. The Labute approximate surface area is 167 Å². The number of nitro benzene ring substituents is 1. The molecule has 7 nitrogen and oxygen atoms in total. The Morgan fingerprint density at radius 3 is 2.69 bits per heavy atom. The minimum absolute atomic E-state index is 0.0267. The smallest absolute Gasteiger partial charge is 0.270 e. The molecule has 0 atom stereocenters. The predicted octanol–water partition coefficient (Wildman–Crippen LogP) is 4.76. The van der Waals surface area contributed by atoms with Crippen LogP contribution < -0.4 is 10.2 Å². The lowest BCUT2D eigenvalue weighted by molar-refractivity contribution is -0.384. The van der Waals surface area contributed by atoms with Crippen LogP contribution in [0.3, 0.4) is 0 Å². The van der Waals surface area contributed by atoms with E-state index in [2.05, 4.69) is 12.2 Å². The highest BCUT2D eigenvalue weighted by Crippen LogP contribution is 2.40. The molecule has 146 valence electrons. The van der Waals surface area contributed by atoms with Crippen molar-refractivity contribution in [1.29, 1.82) is 0 Å². The summed E-state index contributed by atoms with van der Waals surface area (Å²) in [7, 11) is 0. The number of unbranched alkanes of at least 4 members (excludes halogenated alkanes) is 1. The van der Waals surface area contributed by atoms with Gasteiger partial charge in [-0.05, 0) is 30.7 Å². The number of rotatable bonds is 6. The van der Waals surface area contributed by atoms with Gasteiger partial charge in [0.25, 0.3) is 17.5 Å². The van der Waals surface area contributed by atoms with E-state index in [0.717, 1.165) is 29.3 Å². The van der Waals surface area contributed by atoms with Gasteiger partial charge in [-0.3, -0.25) is 19.7 Å². The maximum Gasteiger partial charge on any atom is 0.270 e. The fourth-order valence-corrected chi connectivity index (χ4v) is 3.65. The van der Waals surface area contributed by atoms with Gasteiger partial charge in [-0.1, -0.05) is 31.5 Å². The van der Waals surface area contributed by atoms with Crippen molar-refractivity contribution in [2.75, 3.05) is 16.8 Å². The lowest BCUT2D eigenvalue weighted by atomic mass is 10.0. The van der Waals surface area contributed by atoms with E-state index < -0.39 is 10.8 Å². The third-order valence-corrected chi connectivity index (χ3v) is 5.09. The molecule has 7 heteroatoms. The number of nitrogens with zero attached hydrogens (tertiary/aromatic N) is 2. The Balaban J connectivity index is 1.71. The molecule has 0 aliphatic carbocycles. The van der Waals surface area contributed by atoms with Crippen molar-refractivity contribution in [3.8, 4) is 0 Å². The Bertz CT molecular complexity index is 1160. The number of carbonyl (C=O) groups is 2. The normalized spacial score (nSPS) is 12.4. The average Bonchev–Trinajstić information content (AvgIpc) is 3.01. The van der Waals surface area contributed by atoms with E-state index in [1.165, 1.54) is 24.3 Å². The summed E-state index contributed by atoms with van der Waals surface area (Å²) in [6, 6.07) is 14.7. The van der Waals surface area contributed by atoms with E-state index in [4.69, 9.17) is 0 Å². The number of nitrogens with one attached hydrogen (secondary N) is 1. The molecule has 29 heavy (non-hydrogen) atoms. The highest BCUT2D eigenvalue weighted by Gasteiger charge is 2.30. The highest BCUT2D eigenvalue weighted by molar-refractivity contribution is 6.27. The van der Waals surface area contributed by atoms with Gasteiger partial charge in [-0.25, -0.2) is 0 Å². The Kier molecular flexibility index (Phi) is 4.72. The maximum atomic E-state index is 12.8. The summed E-state index contributed by atoms with van der Waals surface area (Å²) in [6.07, 6.45) is 1.90. The van der Waals surface area contributed by atoms with E-state index >= 15 is 0 Å². The van der Waals surface area contributed by atoms with Gasteiger partial charge in [0.15, 0.2) is 0 Å². The zero-order chi connectivity index (χ0) is 20.5. The first-order valence-electron chi connectivity index (χ1n) is 9.44. The lowest BCUT2D eigenvalue weighted by Crippen LogP contribution is -2.27. The van der Waals surface area contributed by atoms with Gasteiger partial charge in [0, 0.05) is 46.3 Å². The quantitative estimate of drug-likeness (QED) is 0.486. The number of anilines is 2. The van der Waals surface area contributed by atoms with Crippen molar-refractivity contribution in [1.82, 2.24) is 0 Å². The molecule has 0 bridgehead atoms. The Hall–Kier alpha value is -3.74. The number of benzene rings is 3. The molecule has 1 aliphatic heterocycles. The number of hydrogen-bond acceptors (Lipinski definition) is 4. The largest absolute Gasteiger partial charge is 0.321 e. The third-order valence-electron chi connectivity index (χ3n) is 5.09. The first-order chi connectivity index (χ1) is 14.0. The molecule has 0 fully saturated rings. The van der Waals surface area contributed by atoms with Gasteiger partial charge in [0.05, 0.1) is 10.6 Å². The topological polar surface area (TPSA) is 92.6 Å². The van der Waals surface area contributed by atoms with E-state index in [-0.39, 0.29) is 17.2 Å². The van der Waals surface area contributed by atoms with Gasteiger partial charge in [0.1, 0.15) is 0 Å². The zero-order valence-corrected chi connectivity index (χ0v) is 15.8. The summed E-state index contributed by atoms with van der Waals surface area (Å²) in [5.41, 5.74) is 2.09. The molecule has 1 aliphatic rings. The van der Waals surface area contributed by atoms with Crippen molar-refractivity contribution >= 4 is 39.6 Å². The van der Waals surface area contributed by atoms with Crippen LogP contribution in [0.25, 0.3) is 10.8 Å². The fraction of sp³-hybridized carbons (Fsp3) is 0.182. The van der Waals surface area contributed by atoms with Crippen LogP contribution in [0.1, 0.15) is 40.5 Å². The molecule has 3 aromatic rings. The standard InChI is InChI=1S/C22H19N3O4/c1-2-3-12-24-19-11-10-18(16-8-5-9-17(20(16)19)22(24)27)23-21(26)14-6-4-7-15(13-14)25(28)29/h4-11,13H,2-3,12H2,1H3,(H,23,26). The van der Waals surface area contributed by atoms with Crippen molar-refractivity contribution in [3.63, 3.8) is 0 Å². The summed E-state index contributed by atoms with van der Waals surface area (Å²) in [5, 5.41) is 15.4. The molecule has 0 aromatic heterocycles. The first kappa shape index (κ1) is 18.6. The molecule has 0 spiro atoms. The molecule has 0 unspecified atom stereocenters. The molecule has 4 rings (SSSR count). The van der Waals surface area contributed by atoms with Crippen LogP contribution in [-0.4, -0.2) is 23.3 Å². The number of carbonyl (C=O) groups excluding carboxylic acids is 2. The van der Waals surface area contributed by atoms with E-state index in [0.29, 0.717) is 17.8 Å². The molecule has 1 N–H and O–H groups in total. The zero-order valence-electron chi connectivity index (χ0n) is 15.8. The van der Waals surface area contributed by atoms with Crippen LogP contribution in [0.2, 0.25) is 0 Å². The van der Waals surface area contributed by atoms with Gasteiger partial charge in [0.2, 0.25) is 0 Å². The number of nitro groups is 1. The molecular formula is C22H19N3O4. The Morgan fingerprint density at radius 2 is 1.93 bits per heavy atom. The van der Waals surface area contributed by atoms with E-state index in [1.807, 2.05) is 12.1 Å². The minimum atomic E-state index is -0.535. The van der Waals surface area contributed by atoms with Crippen LogP contribution in [-0.2, 0) is 0 Å². The second-order valence-corrected chi connectivity index (χ2v) is 6.93. The van der Waals surface area contributed by atoms with Crippen LogP contribution >= 0.6 is 0 Å². The van der Waals surface area contributed by atoms with E-state index in [1.54, 1.807) is 23.1 Å². The van der Waals surface area contributed by atoms with E-state index in [9.17, 15) is 19.7 Å². The van der Waals surface area contributed by atoms with Gasteiger partial charge < -0.3 is 10.2 Å². The molecule has 3 aromatic carbocycles. The van der Waals surface area contributed by atoms with Gasteiger partial charge in [-0.15, -0.1) is 0 Å². The number of non-ortho nitro benzene ring substituents is 1. The maximum absolute atomic E-state index is 12.8. The Morgan fingerprint density at radius 1 is 1.14 bits per heavy atom. The third kappa shape index (κ3) is 3.20. The minimum Gasteiger partial charge on any atom is -0.321 e. The van der Waals surface area contributed by atoms with Crippen molar-refractivity contribution in [2.24, 2.45) is 0 Å². The highest BCUT2D eigenvalue weighted by atomic mass is 16.6. The van der Waals surface area contributed by atoms with Crippen molar-refractivity contribution < 1.29 is 14.5 Å². The van der Waals surface area contributed by atoms with Crippen LogP contribution in [0.5, 0.6) is 0 Å². The molecular weight excluding hydrogens is 370 g/mol.